The van der Waals surface area contributed by atoms with Crippen LogP contribution < -0.4 is 0 Å². The first-order chi connectivity index (χ1) is 14.1. The predicted octanol–water partition coefficient (Wildman–Crippen LogP) is 5.90. The smallest absolute Gasteiger partial charge is 0.168 e. The normalized spacial score (nSPS) is 33.2. The first-order valence-corrected chi connectivity index (χ1v) is 12.1. The average molecular weight is 407 g/mol. The molecule has 166 valence electrons. The van der Waals surface area contributed by atoms with Crippen LogP contribution >= 0.6 is 0 Å². The Balaban J connectivity index is 1.57. The Morgan fingerprint density at radius 1 is 1.10 bits per heavy atom. The molecule has 0 radical (unpaired) electrons. The molecule has 4 atom stereocenters. The number of allylic oxidation sites excluding steroid dienone is 3. The Labute approximate surface area is 177 Å². The number of unbranched alkanes of at least 4 members (excludes halogenated alkanes) is 4. The number of fused-ring (bicyclic) bond motifs is 1. The van der Waals surface area contributed by atoms with Crippen LogP contribution in [0.25, 0.3) is 0 Å². The quantitative estimate of drug-likeness (QED) is 0.383. The highest BCUT2D eigenvalue weighted by Gasteiger charge is 2.45. The lowest BCUT2D eigenvalue weighted by Gasteiger charge is -2.31. The summed E-state index contributed by atoms with van der Waals surface area (Å²) in [6, 6.07) is 0. The van der Waals surface area contributed by atoms with Crippen LogP contribution in [0.4, 0.5) is 0 Å². The van der Waals surface area contributed by atoms with E-state index in [0.717, 1.165) is 57.1 Å². The highest BCUT2D eigenvalue weighted by atomic mass is 16.7. The molecule has 0 aromatic rings. The van der Waals surface area contributed by atoms with Crippen LogP contribution in [-0.4, -0.2) is 36.3 Å². The largest absolute Gasteiger partial charge is 0.495 e. The van der Waals surface area contributed by atoms with Crippen LogP contribution in [0.2, 0.25) is 0 Å². The zero-order valence-electron chi connectivity index (χ0n) is 18.4. The summed E-state index contributed by atoms with van der Waals surface area (Å²) in [5.41, 5.74) is 0. The van der Waals surface area contributed by atoms with Crippen LogP contribution in [0, 0.1) is 11.8 Å². The molecule has 4 nitrogen and oxygen atoms in total. The SMILES string of the molecule is C=C1CCC/C=C\C[C@@H]2[C@@H](CCC3(CCCCCCC)OCCO3)[C@H](O)C[C@@H]2O1. The highest BCUT2D eigenvalue weighted by molar-refractivity contribution is 5.00. The lowest BCUT2D eigenvalue weighted by molar-refractivity contribution is -0.171. The molecular weight excluding hydrogens is 364 g/mol. The molecule has 1 aliphatic carbocycles. The highest BCUT2D eigenvalue weighted by Crippen LogP contribution is 2.43. The molecule has 1 saturated heterocycles. The number of hydrogen-bond donors (Lipinski definition) is 1. The molecule has 0 bridgehead atoms. The monoisotopic (exact) mass is 406 g/mol. The molecule has 29 heavy (non-hydrogen) atoms. The van der Waals surface area contributed by atoms with Crippen molar-refractivity contribution < 1.29 is 19.3 Å². The zero-order chi connectivity index (χ0) is 20.5. The van der Waals surface area contributed by atoms with Crippen molar-refractivity contribution in [1.82, 2.24) is 0 Å². The van der Waals surface area contributed by atoms with E-state index in [1.165, 1.54) is 25.7 Å². The molecule has 3 aliphatic rings. The van der Waals surface area contributed by atoms with Gasteiger partial charge in [0.25, 0.3) is 0 Å². The van der Waals surface area contributed by atoms with Gasteiger partial charge in [-0.25, -0.2) is 0 Å². The molecule has 2 heterocycles. The van der Waals surface area contributed by atoms with Gasteiger partial charge in [0, 0.05) is 31.6 Å². The molecule has 0 spiro atoms. The summed E-state index contributed by atoms with van der Waals surface area (Å²) in [5, 5.41) is 10.8. The number of aliphatic hydroxyl groups excluding tert-OH is 1. The van der Waals surface area contributed by atoms with Gasteiger partial charge in [-0.05, 0) is 38.0 Å². The van der Waals surface area contributed by atoms with Crippen molar-refractivity contribution in [2.45, 2.75) is 108 Å². The molecule has 0 aromatic heterocycles. The van der Waals surface area contributed by atoms with Gasteiger partial charge in [-0.1, -0.05) is 51.3 Å². The number of aliphatic hydroxyl groups is 1. The first-order valence-electron chi connectivity index (χ1n) is 12.1. The van der Waals surface area contributed by atoms with E-state index in [1.807, 2.05) is 0 Å². The maximum absolute atomic E-state index is 10.8. The summed E-state index contributed by atoms with van der Waals surface area (Å²) in [6.07, 6.45) is 18.2. The van der Waals surface area contributed by atoms with Crippen LogP contribution in [0.3, 0.4) is 0 Å². The van der Waals surface area contributed by atoms with E-state index in [-0.39, 0.29) is 18.1 Å². The summed E-state index contributed by atoms with van der Waals surface area (Å²) in [7, 11) is 0. The number of rotatable bonds is 9. The Hall–Kier alpha value is -0.840. The van der Waals surface area contributed by atoms with Gasteiger partial charge < -0.3 is 19.3 Å². The molecule has 3 rings (SSSR count). The lowest BCUT2D eigenvalue weighted by atomic mass is 9.84. The van der Waals surface area contributed by atoms with Crippen molar-refractivity contribution in [2.75, 3.05) is 13.2 Å². The average Bonchev–Trinajstić information content (AvgIpc) is 3.28. The fraction of sp³-hybridized carbons (Fsp3) is 0.840. The molecule has 4 heteroatoms. The van der Waals surface area contributed by atoms with Gasteiger partial charge >= 0.3 is 0 Å². The van der Waals surface area contributed by atoms with Crippen molar-refractivity contribution in [1.29, 1.82) is 0 Å². The van der Waals surface area contributed by atoms with Gasteiger partial charge in [-0.15, -0.1) is 0 Å². The lowest BCUT2D eigenvalue weighted by Crippen LogP contribution is -2.33. The van der Waals surface area contributed by atoms with Gasteiger partial charge in [0.05, 0.1) is 25.1 Å². The van der Waals surface area contributed by atoms with Gasteiger partial charge in [0.15, 0.2) is 5.79 Å². The number of ether oxygens (including phenoxy) is 3. The predicted molar refractivity (Wildman–Crippen MR) is 116 cm³/mol. The fourth-order valence-electron chi connectivity index (χ4n) is 5.37. The maximum Gasteiger partial charge on any atom is 0.168 e. The van der Waals surface area contributed by atoms with Gasteiger partial charge in [0.2, 0.25) is 0 Å². The molecule has 1 N–H and O–H groups in total. The molecule has 0 amide bonds. The third-order valence-electron chi connectivity index (χ3n) is 7.05. The third kappa shape index (κ3) is 6.57. The van der Waals surface area contributed by atoms with E-state index in [4.69, 9.17) is 14.2 Å². The maximum atomic E-state index is 10.8. The van der Waals surface area contributed by atoms with Crippen LogP contribution in [-0.2, 0) is 14.2 Å². The minimum atomic E-state index is -0.430. The van der Waals surface area contributed by atoms with Crippen molar-refractivity contribution in [2.24, 2.45) is 11.8 Å². The summed E-state index contributed by atoms with van der Waals surface area (Å²) >= 11 is 0. The summed E-state index contributed by atoms with van der Waals surface area (Å²) < 4.78 is 18.4. The molecule has 0 unspecified atom stereocenters. The standard InChI is InChI=1S/C25H42O4/c1-3-4-5-8-11-15-25(27-17-18-28-25)16-14-21-22-13-10-7-6-9-12-20(2)29-24(22)19-23(21)26/h7,10,21-24,26H,2-6,8-9,11-19H2,1H3/b10-7-/t21-,22-,23-,24+/m1/s1. The zero-order valence-corrected chi connectivity index (χ0v) is 18.4. The second-order valence-electron chi connectivity index (χ2n) is 9.24. The van der Waals surface area contributed by atoms with Crippen molar-refractivity contribution >= 4 is 0 Å². The van der Waals surface area contributed by atoms with Gasteiger partial charge in [-0.3, -0.25) is 0 Å². The van der Waals surface area contributed by atoms with E-state index >= 15 is 0 Å². The second kappa shape index (κ2) is 11.5. The van der Waals surface area contributed by atoms with E-state index in [9.17, 15) is 5.11 Å². The summed E-state index contributed by atoms with van der Waals surface area (Å²) in [4.78, 5) is 0. The van der Waals surface area contributed by atoms with E-state index in [0.29, 0.717) is 25.6 Å². The fourth-order valence-corrected chi connectivity index (χ4v) is 5.37. The van der Waals surface area contributed by atoms with E-state index < -0.39 is 5.79 Å². The summed E-state index contributed by atoms with van der Waals surface area (Å²) in [5.74, 6) is 1.04. The molecule has 1 saturated carbocycles. The van der Waals surface area contributed by atoms with E-state index in [1.54, 1.807) is 0 Å². The Morgan fingerprint density at radius 2 is 1.90 bits per heavy atom. The van der Waals surface area contributed by atoms with Crippen LogP contribution in [0.15, 0.2) is 24.5 Å². The van der Waals surface area contributed by atoms with Crippen molar-refractivity contribution in [3.8, 4) is 0 Å². The topological polar surface area (TPSA) is 47.9 Å². The van der Waals surface area contributed by atoms with E-state index in [2.05, 4.69) is 25.7 Å². The Bertz CT molecular complexity index is 523. The molecular formula is C25H42O4. The Morgan fingerprint density at radius 3 is 2.69 bits per heavy atom. The molecule has 2 aliphatic heterocycles. The van der Waals surface area contributed by atoms with Gasteiger partial charge in [-0.2, -0.15) is 0 Å². The van der Waals surface area contributed by atoms with Crippen LogP contribution in [0.5, 0.6) is 0 Å². The third-order valence-corrected chi connectivity index (χ3v) is 7.05. The number of hydrogen-bond acceptors (Lipinski definition) is 4. The first kappa shape index (κ1) is 22.8. The van der Waals surface area contributed by atoms with Gasteiger partial charge in [0.1, 0.15) is 6.10 Å². The second-order valence-corrected chi connectivity index (χ2v) is 9.24. The Kier molecular flexibility index (Phi) is 9.08. The summed E-state index contributed by atoms with van der Waals surface area (Å²) in [6.45, 7) is 7.74. The minimum Gasteiger partial charge on any atom is -0.495 e. The van der Waals surface area contributed by atoms with Crippen molar-refractivity contribution in [3.05, 3.63) is 24.5 Å². The minimum absolute atomic E-state index is 0.0839. The van der Waals surface area contributed by atoms with Crippen LogP contribution in [0.1, 0.15) is 90.4 Å². The molecule has 0 aromatic carbocycles. The van der Waals surface area contributed by atoms with Crippen molar-refractivity contribution in [3.63, 3.8) is 0 Å². The molecule has 2 fully saturated rings.